The molecule has 150 valence electrons. The monoisotopic (exact) mass is 376 g/mol. The second-order valence-electron chi connectivity index (χ2n) is 7.95. The van der Waals surface area contributed by atoms with Crippen LogP contribution in [0.25, 0.3) is 0 Å². The lowest BCUT2D eigenvalue weighted by Gasteiger charge is -2.35. The van der Waals surface area contributed by atoms with Gasteiger partial charge in [0.2, 0.25) is 11.9 Å². The maximum absolute atomic E-state index is 13.3. The van der Waals surface area contributed by atoms with Crippen LogP contribution in [0.1, 0.15) is 44.9 Å². The summed E-state index contributed by atoms with van der Waals surface area (Å²) in [6.45, 7) is 5.66. The van der Waals surface area contributed by atoms with E-state index >= 15 is 0 Å². The van der Waals surface area contributed by atoms with E-state index in [4.69, 9.17) is 0 Å². The minimum Gasteiger partial charge on any atom is -0.354 e. The van der Waals surface area contributed by atoms with Crippen LogP contribution in [-0.2, 0) is 4.79 Å². The quantitative estimate of drug-likeness (QED) is 0.541. The zero-order valence-corrected chi connectivity index (χ0v) is 16.6. The molecule has 2 fully saturated rings. The molecular formula is C21H33FN4O. The molecule has 0 radical (unpaired) electrons. The Morgan fingerprint density at radius 2 is 1.89 bits per heavy atom. The molecule has 1 saturated heterocycles. The number of amides is 1. The van der Waals surface area contributed by atoms with E-state index in [1.807, 2.05) is 18.0 Å². The highest BCUT2D eigenvalue weighted by molar-refractivity contribution is 5.78. The van der Waals surface area contributed by atoms with Crippen LogP contribution in [0.5, 0.6) is 0 Å². The molecular weight excluding hydrogens is 343 g/mol. The summed E-state index contributed by atoms with van der Waals surface area (Å²) in [5.41, 5.74) is 0. The maximum atomic E-state index is 13.3. The molecule has 1 aromatic rings. The van der Waals surface area contributed by atoms with Crippen LogP contribution in [0, 0.1) is 11.9 Å². The molecule has 2 heterocycles. The Bertz CT molecular complexity index is 598. The van der Waals surface area contributed by atoms with Gasteiger partial charge in [0.1, 0.15) is 5.82 Å². The zero-order chi connectivity index (χ0) is 19.1. The Labute approximate surface area is 162 Å². The molecule has 27 heavy (non-hydrogen) atoms. The van der Waals surface area contributed by atoms with Crippen molar-refractivity contribution in [2.45, 2.75) is 44.9 Å². The van der Waals surface area contributed by atoms with Gasteiger partial charge in [0.05, 0.1) is 0 Å². The van der Waals surface area contributed by atoms with Crippen molar-refractivity contribution < 1.29 is 9.18 Å². The Morgan fingerprint density at radius 1 is 1.15 bits per heavy atom. The van der Waals surface area contributed by atoms with Crippen LogP contribution in [-0.4, -0.2) is 67.0 Å². The van der Waals surface area contributed by atoms with Crippen molar-refractivity contribution >= 4 is 11.7 Å². The first-order valence-electron chi connectivity index (χ1n) is 10.5. The van der Waals surface area contributed by atoms with Crippen LogP contribution < -0.4 is 4.90 Å². The highest BCUT2D eigenvalue weighted by Gasteiger charge is 2.24. The molecule has 6 heteroatoms. The third-order valence-corrected chi connectivity index (χ3v) is 5.95. The SMILES string of the molecule is CN(CCCCN1CCN(c2cccc(F)n2)CC1)C(=O)C1CCCCC1. The second-order valence-corrected chi connectivity index (χ2v) is 7.95. The van der Waals surface area contributed by atoms with E-state index in [9.17, 15) is 9.18 Å². The van der Waals surface area contributed by atoms with E-state index in [-0.39, 0.29) is 5.92 Å². The van der Waals surface area contributed by atoms with Gasteiger partial charge in [-0.15, -0.1) is 0 Å². The average molecular weight is 377 g/mol. The number of carbonyl (C=O) groups excluding carboxylic acids is 1. The predicted octanol–water partition coefficient (Wildman–Crippen LogP) is 3.16. The summed E-state index contributed by atoms with van der Waals surface area (Å²) in [6, 6.07) is 4.98. The fourth-order valence-electron chi connectivity index (χ4n) is 4.23. The number of pyridine rings is 1. The summed E-state index contributed by atoms with van der Waals surface area (Å²) in [6.07, 6.45) is 8.03. The van der Waals surface area contributed by atoms with Gasteiger partial charge in [-0.25, -0.2) is 4.98 Å². The van der Waals surface area contributed by atoms with Gasteiger partial charge in [0.15, 0.2) is 0 Å². The summed E-state index contributed by atoms with van der Waals surface area (Å²) < 4.78 is 13.3. The van der Waals surface area contributed by atoms with Gasteiger partial charge in [-0.2, -0.15) is 4.39 Å². The first-order valence-corrected chi connectivity index (χ1v) is 10.5. The minimum atomic E-state index is -0.415. The first-order chi connectivity index (χ1) is 13.1. The van der Waals surface area contributed by atoms with Crippen molar-refractivity contribution in [1.29, 1.82) is 0 Å². The van der Waals surface area contributed by atoms with E-state index in [1.54, 1.807) is 6.07 Å². The normalized spacial score (nSPS) is 19.3. The maximum Gasteiger partial charge on any atom is 0.225 e. The van der Waals surface area contributed by atoms with Gasteiger partial charge >= 0.3 is 0 Å². The summed E-state index contributed by atoms with van der Waals surface area (Å²) in [7, 11) is 1.96. The fourth-order valence-corrected chi connectivity index (χ4v) is 4.23. The molecule has 3 rings (SSSR count). The highest BCUT2D eigenvalue weighted by Crippen LogP contribution is 2.25. The smallest absolute Gasteiger partial charge is 0.225 e. The van der Waals surface area contributed by atoms with E-state index in [2.05, 4.69) is 14.8 Å². The highest BCUT2D eigenvalue weighted by atomic mass is 19.1. The van der Waals surface area contributed by atoms with Gasteiger partial charge in [-0.1, -0.05) is 25.3 Å². The summed E-state index contributed by atoms with van der Waals surface area (Å²) in [5, 5.41) is 0. The lowest BCUT2D eigenvalue weighted by Crippen LogP contribution is -2.47. The van der Waals surface area contributed by atoms with Crippen molar-refractivity contribution in [3.8, 4) is 0 Å². The van der Waals surface area contributed by atoms with E-state index in [0.717, 1.165) is 70.8 Å². The zero-order valence-electron chi connectivity index (χ0n) is 16.6. The van der Waals surface area contributed by atoms with Gasteiger partial charge in [0, 0.05) is 45.7 Å². The number of piperazine rings is 1. The number of halogens is 1. The molecule has 1 aliphatic carbocycles. The molecule has 0 spiro atoms. The van der Waals surface area contributed by atoms with Gasteiger partial charge < -0.3 is 9.80 Å². The number of aromatic nitrogens is 1. The molecule has 1 aromatic heterocycles. The summed E-state index contributed by atoms with van der Waals surface area (Å²) in [4.78, 5) is 23.0. The Kier molecular flexibility index (Phi) is 7.44. The molecule has 1 amide bonds. The molecule has 1 aliphatic heterocycles. The topological polar surface area (TPSA) is 39.7 Å². The Morgan fingerprint density at radius 3 is 2.59 bits per heavy atom. The number of nitrogens with zero attached hydrogens (tertiary/aromatic N) is 4. The number of anilines is 1. The van der Waals surface area contributed by atoms with Gasteiger partial charge in [0.25, 0.3) is 0 Å². The summed E-state index contributed by atoms with van der Waals surface area (Å²) in [5.74, 6) is 0.943. The third kappa shape index (κ3) is 5.89. The van der Waals surface area contributed by atoms with Crippen LogP contribution in [0.3, 0.4) is 0 Å². The first kappa shape index (κ1) is 20.1. The van der Waals surface area contributed by atoms with E-state index < -0.39 is 5.95 Å². The molecule has 1 saturated carbocycles. The third-order valence-electron chi connectivity index (χ3n) is 5.95. The minimum absolute atomic E-state index is 0.272. The standard InChI is InChI=1S/C21H33FN4O/c1-24(21(27)18-8-3-2-4-9-18)12-5-6-13-25-14-16-26(17-15-25)20-11-7-10-19(22)23-20/h7,10-11,18H,2-6,8-9,12-17H2,1H3. The summed E-state index contributed by atoms with van der Waals surface area (Å²) >= 11 is 0. The van der Waals surface area contributed by atoms with Gasteiger partial charge in [-0.05, 0) is 44.4 Å². The van der Waals surface area contributed by atoms with E-state index in [0.29, 0.717) is 5.91 Å². The average Bonchev–Trinajstić information content (AvgIpc) is 2.71. The largest absolute Gasteiger partial charge is 0.354 e. The Hall–Kier alpha value is -1.69. The number of hydrogen-bond donors (Lipinski definition) is 0. The molecule has 0 N–H and O–H groups in total. The number of hydrogen-bond acceptors (Lipinski definition) is 4. The number of rotatable bonds is 7. The van der Waals surface area contributed by atoms with Crippen LogP contribution >= 0.6 is 0 Å². The van der Waals surface area contributed by atoms with Gasteiger partial charge in [-0.3, -0.25) is 9.69 Å². The van der Waals surface area contributed by atoms with Crippen molar-refractivity contribution in [2.75, 3.05) is 51.2 Å². The molecule has 5 nitrogen and oxygen atoms in total. The van der Waals surface area contributed by atoms with Crippen LogP contribution in [0.2, 0.25) is 0 Å². The number of unbranched alkanes of at least 4 members (excludes halogenated alkanes) is 1. The predicted molar refractivity (Wildman–Crippen MR) is 106 cm³/mol. The van der Waals surface area contributed by atoms with Crippen LogP contribution in [0.15, 0.2) is 18.2 Å². The number of carbonyl (C=O) groups is 1. The fraction of sp³-hybridized carbons (Fsp3) is 0.714. The second kappa shape index (κ2) is 10.0. The van der Waals surface area contributed by atoms with E-state index in [1.165, 1.54) is 25.3 Å². The van der Waals surface area contributed by atoms with Crippen LogP contribution in [0.4, 0.5) is 10.2 Å². The lowest BCUT2D eigenvalue weighted by atomic mass is 9.88. The Balaban J connectivity index is 1.30. The van der Waals surface area contributed by atoms with Crippen molar-refractivity contribution in [1.82, 2.24) is 14.8 Å². The molecule has 0 bridgehead atoms. The van der Waals surface area contributed by atoms with Crippen molar-refractivity contribution in [3.63, 3.8) is 0 Å². The molecule has 0 aromatic carbocycles. The molecule has 0 atom stereocenters. The van der Waals surface area contributed by atoms with Crippen molar-refractivity contribution in [2.24, 2.45) is 5.92 Å². The van der Waals surface area contributed by atoms with Crippen molar-refractivity contribution in [3.05, 3.63) is 24.1 Å². The molecule has 2 aliphatic rings. The molecule has 0 unspecified atom stereocenters. The lowest BCUT2D eigenvalue weighted by molar-refractivity contribution is -0.135.